The Morgan fingerprint density at radius 1 is 1.75 bits per heavy atom. The molecule has 0 unspecified atom stereocenters. The summed E-state index contributed by atoms with van der Waals surface area (Å²) in [5, 5.41) is 15.0. The van der Waals surface area contributed by atoms with Crippen molar-refractivity contribution in [2.45, 2.75) is 26.2 Å². The SMILES string of the molecule is CC(=N)CCCC#N. The van der Waals surface area contributed by atoms with Gasteiger partial charge in [-0.3, -0.25) is 0 Å². The first-order chi connectivity index (χ1) is 3.77. The number of unbranched alkanes of at least 4 members (excludes halogenated alkanes) is 1. The molecule has 0 aliphatic carbocycles. The van der Waals surface area contributed by atoms with E-state index in [1.807, 2.05) is 6.07 Å². The summed E-state index contributed by atoms with van der Waals surface area (Å²) in [5.41, 5.74) is 0.667. The van der Waals surface area contributed by atoms with Gasteiger partial charge < -0.3 is 5.41 Å². The molecule has 0 aliphatic heterocycles. The zero-order chi connectivity index (χ0) is 6.41. The third-order valence-electron chi connectivity index (χ3n) is 0.840. The topological polar surface area (TPSA) is 47.6 Å². The minimum atomic E-state index is 0.580. The lowest BCUT2D eigenvalue weighted by atomic mass is 10.2. The van der Waals surface area contributed by atoms with Crippen molar-refractivity contribution in [1.82, 2.24) is 0 Å². The molecule has 2 nitrogen and oxygen atoms in total. The number of rotatable bonds is 3. The maximum atomic E-state index is 8.06. The monoisotopic (exact) mass is 110 g/mol. The largest absolute Gasteiger partial charge is 0.310 e. The van der Waals surface area contributed by atoms with Crippen molar-refractivity contribution in [1.29, 1.82) is 10.7 Å². The van der Waals surface area contributed by atoms with Gasteiger partial charge in [-0.2, -0.15) is 5.26 Å². The second-order valence-electron chi connectivity index (χ2n) is 1.79. The summed E-state index contributed by atoms with van der Waals surface area (Å²) in [4.78, 5) is 0. The molecule has 0 saturated heterocycles. The van der Waals surface area contributed by atoms with Crippen LogP contribution in [0.4, 0.5) is 0 Å². The van der Waals surface area contributed by atoms with Gasteiger partial charge in [-0.1, -0.05) is 0 Å². The van der Waals surface area contributed by atoms with Gasteiger partial charge in [0.25, 0.3) is 0 Å². The van der Waals surface area contributed by atoms with Crippen LogP contribution < -0.4 is 0 Å². The van der Waals surface area contributed by atoms with Crippen molar-refractivity contribution in [2.75, 3.05) is 0 Å². The fourth-order valence-electron chi connectivity index (χ4n) is 0.433. The number of hydrogen-bond acceptors (Lipinski definition) is 2. The summed E-state index contributed by atoms with van der Waals surface area (Å²) in [5.74, 6) is 0. The quantitative estimate of drug-likeness (QED) is 0.436. The molecule has 8 heavy (non-hydrogen) atoms. The van der Waals surface area contributed by atoms with Crippen molar-refractivity contribution >= 4 is 5.71 Å². The predicted molar refractivity (Wildman–Crippen MR) is 32.9 cm³/mol. The highest BCUT2D eigenvalue weighted by molar-refractivity contribution is 5.78. The van der Waals surface area contributed by atoms with Gasteiger partial charge in [0.2, 0.25) is 0 Å². The molecule has 0 aromatic carbocycles. The van der Waals surface area contributed by atoms with Crippen LogP contribution in [0.15, 0.2) is 0 Å². The minimum Gasteiger partial charge on any atom is -0.310 e. The standard InChI is InChI=1S/C6H10N2/c1-6(8)4-2-3-5-7/h8H,2-4H2,1H3. The summed E-state index contributed by atoms with van der Waals surface area (Å²) in [6.07, 6.45) is 2.19. The highest BCUT2D eigenvalue weighted by atomic mass is 14.4. The van der Waals surface area contributed by atoms with Crippen LogP contribution in [0.5, 0.6) is 0 Å². The van der Waals surface area contributed by atoms with Gasteiger partial charge in [-0.15, -0.1) is 0 Å². The van der Waals surface area contributed by atoms with Crippen molar-refractivity contribution in [3.05, 3.63) is 0 Å². The van der Waals surface area contributed by atoms with E-state index in [1.165, 1.54) is 0 Å². The minimum absolute atomic E-state index is 0.580. The van der Waals surface area contributed by atoms with Crippen LogP contribution in [0, 0.1) is 16.7 Å². The van der Waals surface area contributed by atoms with E-state index in [0.29, 0.717) is 12.1 Å². The number of hydrogen-bond donors (Lipinski definition) is 1. The Morgan fingerprint density at radius 3 is 2.75 bits per heavy atom. The van der Waals surface area contributed by atoms with Gasteiger partial charge in [0.15, 0.2) is 0 Å². The molecule has 0 saturated carbocycles. The highest BCUT2D eigenvalue weighted by Gasteiger charge is 1.86. The Hall–Kier alpha value is -0.840. The first-order valence-corrected chi connectivity index (χ1v) is 2.68. The number of nitrogens with one attached hydrogen (secondary N) is 1. The van der Waals surface area contributed by atoms with Gasteiger partial charge in [-0.05, 0) is 19.8 Å². The molecular weight excluding hydrogens is 100 g/mol. The van der Waals surface area contributed by atoms with Gasteiger partial charge in [0.1, 0.15) is 0 Å². The van der Waals surface area contributed by atoms with E-state index in [4.69, 9.17) is 10.7 Å². The van der Waals surface area contributed by atoms with Crippen molar-refractivity contribution in [3.8, 4) is 6.07 Å². The van der Waals surface area contributed by atoms with E-state index >= 15 is 0 Å². The third-order valence-corrected chi connectivity index (χ3v) is 0.840. The molecular formula is C6H10N2. The fraction of sp³-hybridized carbons (Fsp3) is 0.667. The maximum Gasteiger partial charge on any atom is 0.0621 e. The van der Waals surface area contributed by atoms with Gasteiger partial charge >= 0.3 is 0 Å². The number of nitriles is 1. The van der Waals surface area contributed by atoms with Crippen LogP contribution in [0.25, 0.3) is 0 Å². The van der Waals surface area contributed by atoms with E-state index in [9.17, 15) is 0 Å². The molecule has 0 amide bonds. The van der Waals surface area contributed by atoms with Crippen LogP contribution in [0.3, 0.4) is 0 Å². The first kappa shape index (κ1) is 7.16. The van der Waals surface area contributed by atoms with E-state index in [1.54, 1.807) is 6.92 Å². The van der Waals surface area contributed by atoms with E-state index in [0.717, 1.165) is 12.8 Å². The Labute approximate surface area is 49.6 Å². The van der Waals surface area contributed by atoms with Crippen molar-refractivity contribution < 1.29 is 0 Å². The van der Waals surface area contributed by atoms with E-state index < -0.39 is 0 Å². The summed E-state index contributed by atoms with van der Waals surface area (Å²) in [6, 6.07) is 2.03. The zero-order valence-corrected chi connectivity index (χ0v) is 5.07. The van der Waals surface area contributed by atoms with Crippen LogP contribution in [0.1, 0.15) is 26.2 Å². The Bertz CT molecular complexity index is 110. The molecule has 0 fully saturated rings. The van der Waals surface area contributed by atoms with E-state index in [2.05, 4.69) is 0 Å². The molecule has 0 aromatic rings. The van der Waals surface area contributed by atoms with E-state index in [-0.39, 0.29) is 0 Å². The predicted octanol–water partition coefficient (Wildman–Crippen LogP) is 1.72. The molecule has 0 radical (unpaired) electrons. The smallest absolute Gasteiger partial charge is 0.0621 e. The second-order valence-corrected chi connectivity index (χ2v) is 1.79. The Morgan fingerprint density at radius 2 is 2.38 bits per heavy atom. The van der Waals surface area contributed by atoms with Crippen molar-refractivity contribution in [3.63, 3.8) is 0 Å². The van der Waals surface area contributed by atoms with Crippen molar-refractivity contribution in [2.24, 2.45) is 0 Å². The maximum absolute atomic E-state index is 8.06. The summed E-state index contributed by atoms with van der Waals surface area (Å²) in [6.45, 7) is 1.76. The normalized spacial score (nSPS) is 8.00. The molecule has 0 rings (SSSR count). The van der Waals surface area contributed by atoms with Crippen LogP contribution in [-0.2, 0) is 0 Å². The lowest BCUT2D eigenvalue weighted by molar-refractivity contribution is 0.895. The molecule has 0 aliphatic rings. The summed E-state index contributed by atoms with van der Waals surface area (Å²) >= 11 is 0. The first-order valence-electron chi connectivity index (χ1n) is 2.68. The molecule has 2 heteroatoms. The third kappa shape index (κ3) is 5.16. The molecule has 1 N–H and O–H groups in total. The summed E-state index contributed by atoms with van der Waals surface area (Å²) in [7, 11) is 0. The lowest BCUT2D eigenvalue weighted by Gasteiger charge is -1.88. The molecule has 0 spiro atoms. The average Bonchev–Trinajstić information content (AvgIpc) is 1.66. The average molecular weight is 110 g/mol. The Kier molecular flexibility index (Phi) is 3.87. The Balaban J connectivity index is 2.97. The van der Waals surface area contributed by atoms with Gasteiger partial charge in [0, 0.05) is 12.1 Å². The molecule has 0 heterocycles. The van der Waals surface area contributed by atoms with Crippen LogP contribution in [0.2, 0.25) is 0 Å². The molecule has 0 bridgehead atoms. The molecule has 0 atom stereocenters. The van der Waals surface area contributed by atoms with Crippen LogP contribution in [-0.4, -0.2) is 5.71 Å². The highest BCUT2D eigenvalue weighted by Crippen LogP contribution is 1.93. The molecule has 0 aromatic heterocycles. The summed E-state index contributed by atoms with van der Waals surface area (Å²) < 4.78 is 0. The second kappa shape index (κ2) is 4.32. The number of nitrogens with zero attached hydrogens (tertiary/aromatic N) is 1. The fourth-order valence-corrected chi connectivity index (χ4v) is 0.433. The van der Waals surface area contributed by atoms with Gasteiger partial charge in [-0.25, -0.2) is 0 Å². The van der Waals surface area contributed by atoms with Crippen LogP contribution >= 0.6 is 0 Å². The zero-order valence-electron chi connectivity index (χ0n) is 5.07. The lowest BCUT2D eigenvalue weighted by Crippen LogP contribution is -1.85. The van der Waals surface area contributed by atoms with Gasteiger partial charge in [0.05, 0.1) is 6.07 Å². The molecule has 44 valence electrons.